The summed E-state index contributed by atoms with van der Waals surface area (Å²) in [4.78, 5) is 11.4. The van der Waals surface area contributed by atoms with Gasteiger partial charge in [0.2, 0.25) is 5.95 Å². The third-order valence-corrected chi connectivity index (χ3v) is 6.55. The molecule has 0 bridgehead atoms. The van der Waals surface area contributed by atoms with Gasteiger partial charge in [-0.05, 0) is 66.7 Å². The minimum atomic E-state index is 0.722. The van der Waals surface area contributed by atoms with E-state index in [4.69, 9.17) is 4.74 Å². The lowest BCUT2D eigenvalue weighted by molar-refractivity contribution is 0.104. The fourth-order valence-corrected chi connectivity index (χ4v) is 4.43. The van der Waals surface area contributed by atoms with Gasteiger partial charge in [-0.1, -0.05) is 35.0 Å². The van der Waals surface area contributed by atoms with Crippen LogP contribution in [0.3, 0.4) is 0 Å². The van der Waals surface area contributed by atoms with Crippen LogP contribution in [0.5, 0.6) is 0 Å². The molecule has 30 heavy (non-hydrogen) atoms. The number of piperidine rings is 1. The second-order valence-electron chi connectivity index (χ2n) is 8.28. The van der Waals surface area contributed by atoms with E-state index in [9.17, 15) is 0 Å². The predicted molar refractivity (Wildman–Crippen MR) is 125 cm³/mol. The predicted octanol–water partition coefficient (Wildman–Crippen LogP) is 5.13. The van der Waals surface area contributed by atoms with E-state index in [1.54, 1.807) is 14.2 Å². The Labute approximate surface area is 189 Å². The lowest BCUT2D eigenvalue weighted by Crippen LogP contribution is -2.35. The maximum atomic E-state index is 5.97. The van der Waals surface area contributed by atoms with Crippen molar-refractivity contribution in [1.82, 2.24) is 9.97 Å². The summed E-state index contributed by atoms with van der Waals surface area (Å²) in [5.74, 6) is 3.37. The number of aryl methyl sites for hydroxylation is 1. The van der Waals surface area contributed by atoms with Crippen LogP contribution in [0, 0.1) is 17.8 Å². The van der Waals surface area contributed by atoms with Crippen LogP contribution in [0.4, 0.5) is 5.95 Å². The van der Waals surface area contributed by atoms with Gasteiger partial charge >= 0.3 is 0 Å². The molecule has 4 rings (SSSR count). The first-order valence-corrected chi connectivity index (χ1v) is 11.7. The maximum Gasteiger partial charge on any atom is 0.225 e. The van der Waals surface area contributed by atoms with E-state index in [-0.39, 0.29) is 0 Å². The smallest absolute Gasteiger partial charge is 0.225 e. The Bertz CT molecular complexity index is 746. The summed E-state index contributed by atoms with van der Waals surface area (Å²) >= 11 is 3.47. The molecule has 2 unspecified atom stereocenters. The lowest BCUT2D eigenvalue weighted by Gasteiger charge is -2.32. The van der Waals surface area contributed by atoms with Gasteiger partial charge in [-0.15, -0.1) is 0 Å². The molecule has 0 radical (unpaired) electrons. The van der Waals surface area contributed by atoms with Crippen molar-refractivity contribution in [1.29, 1.82) is 0 Å². The summed E-state index contributed by atoms with van der Waals surface area (Å²) in [6.45, 7) is 5.93. The topological polar surface area (TPSA) is 47.5 Å². The van der Waals surface area contributed by atoms with E-state index in [1.165, 1.54) is 30.4 Å². The van der Waals surface area contributed by atoms with Crippen molar-refractivity contribution in [3.63, 3.8) is 0 Å². The molecule has 1 aromatic heterocycles. The number of ether oxygens (including phenoxy) is 2. The molecule has 164 valence electrons. The zero-order valence-electron chi connectivity index (χ0n) is 18.4. The van der Waals surface area contributed by atoms with E-state index in [0.29, 0.717) is 0 Å². The second kappa shape index (κ2) is 11.8. The molecule has 2 aromatic rings. The first-order valence-electron chi connectivity index (χ1n) is 10.9. The zero-order valence-corrected chi connectivity index (χ0v) is 20.0. The van der Waals surface area contributed by atoms with Gasteiger partial charge in [0.15, 0.2) is 0 Å². The molecular formula is C24H34BrN3O2. The molecule has 2 heterocycles. The van der Waals surface area contributed by atoms with Gasteiger partial charge in [0.1, 0.15) is 0 Å². The van der Waals surface area contributed by atoms with E-state index >= 15 is 0 Å². The molecule has 2 atom stereocenters. The third kappa shape index (κ3) is 6.76. The lowest BCUT2D eigenvalue weighted by atomic mass is 9.91. The number of nitrogens with zero attached hydrogens (tertiary/aromatic N) is 3. The van der Waals surface area contributed by atoms with Crippen LogP contribution in [-0.4, -0.2) is 43.9 Å². The SMILES string of the molecule is CCc1cnc(N2CCC(C3CC3COCc3ccc(Br)cc3)CC2)nc1.COC. The molecule has 1 saturated carbocycles. The Morgan fingerprint density at radius 1 is 1.03 bits per heavy atom. The Balaban J connectivity index is 0.000000806. The zero-order chi connectivity index (χ0) is 21.3. The highest BCUT2D eigenvalue weighted by molar-refractivity contribution is 9.10. The van der Waals surface area contributed by atoms with Gasteiger partial charge in [0.25, 0.3) is 0 Å². The highest BCUT2D eigenvalue weighted by Gasteiger charge is 2.43. The second-order valence-corrected chi connectivity index (χ2v) is 9.19. The van der Waals surface area contributed by atoms with Crippen molar-refractivity contribution < 1.29 is 9.47 Å². The molecule has 5 nitrogen and oxygen atoms in total. The van der Waals surface area contributed by atoms with E-state index in [2.05, 4.69) is 66.7 Å². The minimum absolute atomic E-state index is 0.722. The van der Waals surface area contributed by atoms with Crippen molar-refractivity contribution in [3.8, 4) is 0 Å². The molecule has 0 spiro atoms. The average molecular weight is 476 g/mol. The Morgan fingerprint density at radius 2 is 1.67 bits per heavy atom. The first-order chi connectivity index (χ1) is 14.6. The molecule has 2 aliphatic rings. The van der Waals surface area contributed by atoms with E-state index in [1.807, 2.05) is 12.4 Å². The van der Waals surface area contributed by atoms with Crippen molar-refractivity contribution in [2.75, 3.05) is 38.8 Å². The van der Waals surface area contributed by atoms with Gasteiger partial charge in [0.05, 0.1) is 13.2 Å². The fourth-order valence-electron chi connectivity index (χ4n) is 4.17. The van der Waals surface area contributed by atoms with E-state index < -0.39 is 0 Å². The molecule has 2 fully saturated rings. The maximum absolute atomic E-state index is 5.97. The number of halogens is 1. The molecule has 1 saturated heterocycles. The van der Waals surface area contributed by atoms with Crippen LogP contribution in [0.15, 0.2) is 41.1 Å². The van der Waals surface area contributed by atoms with Crippen molar-refractivity contribution in [3.05, 3.63) is 52.3 Å². The number of methoxy groups -OCH3 is 1. The largest absolute Gasteiger partial charge is 0.388 e. The molecule has 6 heteroatoms. The van der Waals surface area contributed by atoms with E-state index in [0.717, 1.165) is 60.9 Å². The fraction of sp³-hybridized carbons (Fsp3) is 0.583. The Morgan fingerprint density at radius 3 is 2.27 bits per heavy atom. The van der Waals surface area contributed by atoms with Crippen molar-refractivity contribution in [2.24, 2.45) is 17.8 Å². The van der Waals surface area contributed by atoms with Gasteiger partial charge in [-0.2, -0.15) is 0 Å². The van der Waals surface area contributed by atoms with Crippen molar-refractivity contribution >= 4 is 21.9 Å². The molecule has 0 amide bonds. The van der Waals surface area contributed by atoms with Crippen LogP contribution < -0.4 is 4.90 Å². The Kier molecular flexibility index (Phi) is 9.09. The molecule has 1 aromatic carbocycles. The van der Waals surface area contributed by atoms with Crippen LogP contribution in [-0.2, 0) is 22.5 Å². The molecule has 1 aliphatic heterocycles. The molecule has 1 aliphatic carbocycles. The summed E-state index contributed by atoms with van der Waals surface area (Å²) in [5, 5.41) is 0. The highest BCUT2D eigenvalue weighted by Crippen LogP contribution is 2.48. The number of hydrogen-bond acceptors (Lipinski definition) is 5. The monoisotopic (exact) mass is 475 g/mol. The normalized spacial score (nSPS) is 21.1. The van der Waals surface area contributed by atoms with Gasteiger partial charge < -0.3 is 14.4 Å². The standard InChI is InChI=1S/C22H28BrN3O.C2H6O/c1-2-16-12-24-22(25-13-16)26-9-7-18(8-10-26)21-11-19(21)15-27-14-17-3-5-20(23)6-4-17;1-3-2/h3-6,12-13,18-19,21H,2,7-11,14-15H2,1H3;1-2H3. The summed E-state index contributed by atoms with van der Waals surface area (Å²) in [7, 11) is 3.25. The molecule has 0 N–H and O–H groups in total. The van der Waals surface area contributed by atoms with Crippen LogP contribution in [0.1, 0.15) is 37.3 Å². The third-order valence-electron chi connectivity index (χ3n) is 6.02. The van der Waals surface area contributed by atoms with Gasteiger partial charge in [-0.3, -0.25) is 0 Å². The average Bonchev–Trinajstić information content (AvgIpc) is 3.55. The number of hydrogen-bond donors (Lipinski definition) is 0. The molecular weight excluding hydrogens is 442 g/mol. The Hall–Kier alpha value is -1.50. The highest BCUT2D eigenvalue weighted by atomic mass is 79.9. The number of rotatable bonds is 7. The van der Waals surface area contributed by atoms with Gasteiger partial charge in [0, 0.05) is 44.2 Å². The summed E-state index contributed by atoms with van der Waals surface area (Å²) in [5.41, 5.74) is 2.45. The van der Waals surface area contributed by atoms with Crippen molar-refractivity contribution in [2.45, 2.75) is 39.2 Å². The minimum Gasteiger partial charge on any atom is -0.388 e. The number of benzene rings is 1. The first kappa shape index (κ1) is 23.2. The number of aromatic nitrogens is 2. The summed E-state index contributed by atoms with van der Waals surface area (Å²) < 4.78 is 11.3. The summed E-state index contributed by atoms with van der Waals surface area (Å²) in [6.07, 6.45) is 8.78. The van der Waals surface area contributed by atoms with Gasteiger partial charge in [-0.25, -0.2) is 9.97 Å². The summed E-state index contributed by atoms with van der Waals surface area (Å²) in [6, 6.07) is 8.40. The van der Waals surface area contributed by atoms with Crippen LogP contribution >= 0.6 is 15.9 Å². The van der Waals surface area contributed by atoms with Crippen LogP contribution in [0.2, 0.25) is 0 Å². The quantitative estimate of drug-likeness (QED) is 0.554. The van der Waals surface area contributed by atoms with Crippen LogP contribution in [0.25, 0.3) is 0 Å². The number of anilines is 1.